The summed E-state index contributed by atoms with van der Waals surface area (Å²) in [5.74, 6) is 0.433. The van der Waals surface area contributed by atoms with E-state index < -0.39 is 15.9 Å². The van der Waals surface area contributed by atoms with Crippen LogP contribution in [0, 0.1) is 0 Å². The number of halogens is 1. The molecule has 0 radical (unpaired) electrons. The van der Waals surface area contributed by atoms with Gasteiger partial charge in [-0.2, -0.15) is 0 Å². The quantitative estimate of drug-likeness (QED) is 0.326. The summed E-state index contributed by atoms with van der Waals surface area (Å²) in [6.07, 6.45) is 4.09. The average Bonchev–Trinajstić information content (AvgIpc) is 3.19. The van der Waals surface area contributed by atoms with E-state index in [1.165, 1.54) is 29.5 Å². The van der Waals surface area contributed by atoms with Gasteiger partial charge in [0.1, 0.15) is 10.6 Å². The van der Waals surface area contributed by atoms with Crippen molar-refractivity contribution in [1.29, 1.82) is 0 Å². The van der Waals surface area contributed by atoms with Crippen LogP contribution in [-0.2, 0) is 35.7 Å². The van der Waals surface area contributed by atoms with Crippen LogP contribution >= 0.6 is 11.6 Å². The minimum Gasteiger partial charge on any atom is -0.497 e. The van der Waals surface area contributed by atoms with Crippen molar-refractivity contribution in [2.45, 2.75) is 30.6 Å². The van der Waals surface area contributed by atoms with E-state index in [9.17, 15) is 13.2 Å². The van der Waals surface area contributed by atoms with Crippen molar-refractivity contribution in [3.63, 3.8) is 0 Å². The van der Waals surface area contributed by atoms with E-state index in [-0.39, 0.29) is 15.5 Å². The molecule has 206 valence electrons. The van der Waals surface area contributed by atoms with Gasteiger partial charge >= 0.3 is 0 Å². The third-order valence-corrected chi connectivity index (χ3v) is 8.77. The molecule has 1 aliphatic heterocycles. The van der Waals surface area contributed by atoms with Crippen LogP contribution in [0.3, 0.4) is 0 Å². The topological polar surface area (TPSA) is 101 Å². The number of sulfonamides is 1. The first kappa shape index (κ1) is 27.6. The molecule has 0 bridgehead atoms. The van der Waals surface area contributed by atoms with Crippen molar-refractivity contribution >= 4 is 33.5 Å². The maximum absolute atomic E-state index is 13.3. The van der Waals surface area contributed by atoms with Crippen LogP contribution in [-0.4, -0.2) is 44.5 Å². The number of methoxy groups -OCH3 is 1. The number of benzene rings is 3. The molecule has 10 heteroatoms. The summed E-state index contributed by atoms with van der Waals surface area (Å²) in [6, 6.07) is 22.0. The van der Waals surface area contributed by atoms with Crippen LogP contribution in [0.15, 0.2) is 83.9 Å². The lowest BCUT2D eigenvalue weighted by atomic mass is 10.0. The number of carbonyl (C=O) groups is 1. The number of hydrogen-bond acceptors (Lipinski definition) is 7. The molecule has 1 amide bonds. The Balaban J connectivity index is 1.43. The number of nitrogens with zero attached hydrogens (tertiary/aromatic N) is 3. The first-order valence-electron chi connectivity index (χ1n) is 13.0. The van der Waals surface area contributed by atoms with Gasteiger partial charge in [0.15, 0.2) is 0 Å². The van der Waals surface area contributed by atoms with Gasteiger partial charge in [0, 0.05) is 19.3 Å². The van der Waals surface area contributed by atoms with Crippen LogP contribution in [0.1, 0.15) is 32.7 Å². The molecule has 4 aromatic rings. The fraction of sp³-hybridized carbons (Fsp3) is 0.233. The summed E-state index contributed by atoms with van der Waals surface area (Å²) in [5, 5.41) is 0.0230. The number of anilines is 1. The van der Waals surface area contributed by atoms with E-state index in [1.807, 2.05) is 36.4 Å². The predicted molar refractivity (Wildman–Crippen MR) is 155 cm³/mol. The first-order valence-corrected chi connectivity index (χ1v) is 14.8. The Morgan fingerprint density at radius 3 is 2.38 bits per heavy atom. The zero-order valence-electron chi connectivity index (χ0n) is 22.0. The molecule has 0 fully saturated rings. The fourth-order valence-corrected chi connectivity index (χ4v) is 6.28. The molecular formula is C30H29ClN4O4S. The Kier molecular flexibility index (Phi) is 8.32. The van der Waals surface area contributed by atoms with E-state index in [2.05, 4.69) is 26.7 Å². The molecule has 1 N–H and O–H groups in total. The molecule has 3 aromatic carbocycles. The monoisotopic (exact) mass is 576 g/mol. The summed E-state index contributed by atoms with van der Waals surface area (Å²) >= 11 is 6.09. The maximum Gasteiger partial charge on any atom is 0.268 e. The third-order valence-electron chi connectivity index (χ3n) is 6.94. The number of rotatable bonds is 8. The molecule has 0 spiro atoms. The van der Waals surface area contributed by atoms with E-state index in [0.717, 1.165) is 37.2 Å². The van der Waals surface area contributed by atoms with Gasteiger partial charge in [0.25, 0.3) is 15.9 Å². The van der Waals surface area contributed by atoms with E-state index in [0.29, 0.717) is 24.5 Å². The fourth-order valence-electron chi connectivity index (χ4n) is 4.79. The van der Waals surface area contributed by atoms with Gasteiger partial charge in [-0.1, -0.05) is 60.1 Å². The van der Waals surface area contributed by atoms with Gasteiger partial charge in [-0.3, -0.25) is 4.79 Å². The molecule has 0 saturated heterocycles. The van der Waals surface area contributed by atoms with Crippen molar-refractivity contribution in [2.24, 2.45) is 0 Å². The number of amides is 1. The summed E-state index contributed by atoms with van der Waals surface area (Å²) in [4.78, 5) is 24.6. The van der Waals surface area contributed by atoms with Gasteiger partial charge in [0.2, 0.25) is 5.95 Å². The minimum atomic E-state index is -4.21. The van der Waals surface area contributed by atoms with Gasteiger partial charge in [-0.05, 0) is 66.6 Å². The number of aryl methyl sites for hydroxylation is 2. The van der Waals surface area contributed by atoms with E-state index in [1.54, 1.807) is 19.2 Å². The number of aromatic nitrogens is 2. The molecule has 5 rings (SSSR count). The number of hydrogen-bond donors (Lipinski definition) is 1. The SMILES string of the molecule is COc1cccc(CCc2nc(N3CCc4ccccc4CC3)ncc2C(=O)NS(=O)(=O)c2ccccc2Cl)c1. The third kappa shape index (κ3) is 6.26. The first-order chi connectivity index (χ1) is 19.3. The van der Waals surface area contributed by atoms with Gasteiger partial charge in [-0.15, -0.1) is 0 Å². The molecule has 2 heterocycles. The Morgan fingerprint density at radius 1 is 0.975 bits per heavy atom. The molecule has 0 aliphatic carbocycles. The van der Waals surface area contributed by atoms with Crippen LogP contribution < -0.4 is 14.4 Å². The molecule has 0 saturated carbocycles. The summed E-state index contributed by atoms with van der Waals surface area (Å²) in [6.45, 7) is 1.47. The molecular weight excluding hydrogens is 548 g/mol. The van der Waals surface area contributed by atoms with E-state index in [4.69, 9.17) is 21.3 Å². The highest BCUT2D eigenvalue weighted by Gasteiger charge is 2.25. The van der Waals surface area contributed by atoms with Crippen LogP contribution in [0.2, 0.25) is 5.02 Å². The Hall–Kier alpha value is -3.95. The predicted octanol–water partition coefficient (Wildman–Crippen LogP) is 4.65. The lowest BCUT2D eigenvalue weighted by Crippen LogP contribution is -2.33. The smallest absolute Gasteiger partial charge is 0.268 e. The van der Waals surface area contributed by atoms with Gasteiger partial charge in [0.05, 0.1) is 23.4 Å². The highest BCUT2D eigenvalue weighted by Crippen LogP contribution is 2.23. The number of carbonyl (C=O) groups excluding carboxylic acids is 1. The van der Waals surface area contributed by atoms with Crippen LogP contribution in [0.25, 0.3) is 0 Å². The molecule has 1 aromatic heterocycles. The van der Waals surface area contributed by atoms with Gasteiger partial charge < -0.3 is 9.64 Å². The summed E-state index contributed by atoms with van der Waals surface area (Å²) in [7, 11) is -2.60. The van der Waals surface area contributed by atoms with Crippen molar-refractivity contribution in [2.75, 3.05) is 25.1 Å². The maximum atomic E-state index is 13.3. The van der Waals surface area contributed by atoms with E-state index >= 15 is 0 Å². The molecule has 0 atom stereocenters. The minimum absolute atomic E-state index is 0.0230. The molecule has 1 aliphatic rings. The van der Waals surface area contributed by atoms with Crippen LogP contribution in [0.4, 0.5) is 5.95 Å². The largest absolute Gasteiger partial charge is 0.497 e. The molecule has 8 nitrogen and oxygen atoms in total. The second-order valence-electron chi connectivity index (χ2n) is 9.50. The summed E-state index contributed by atoms with van der Waals surface area (Å²) in [5.41, 5.74) is 4.18. The Labute approximate surface area is 239 Å². The van der Waals surface area contributed by atoms with Crippen molar-refractivity contribution in [3.05, 3.63) is 112 Å². The highest BCUT2D eigenvalue weighted by molar-refractivity contribution is 7.90. The lowest BCUT2D eigenvalue weighted by molar-refractivity contribution is 0.0979. The Morgan fingerprint density at radius 2 is 1.68 bits per heavy atom. The van der Waals surface area contributed by atoms with Crippen LogP contribution in [0.5, 0.6) is 5.75 Å². The number of nitrogens with one attached hydrogen (secondary N) is 1. The Bertz CT molecular complexity index is 1620. The molecule has 0 unspecified atom stereocenters. The standard InChI is InChI=1S/C30H29ClN4O4S/c1-39-24-10-6-7-21(19-24)13-14-27-25(29(36)34-40(37,38)28-12-5-4-11-26(28)31)20-32-30(33-27)35-17-15-22-8-2-3-9-23(22)16-18-35/h2-12,19-20H,13-18H2,1H3,(H,34,36). The van der Waals surface area contributed by atoms with Crippen molar-refractivity contribution < 1.29 is 17.9 Å². The lowest BCUT2D eigenvalue weighted by Gasteiger charge is -2.21. The molecule has 40 heavy (non-hydrogen) atoms. The normalized spacial score (nSPS) is 13.3. The number of fused-ring (bicyclic) bond motifs is 1. The van der Waals surface area contributed by atoms with Crippen molar-refractivity contribution in [1.82, 2.24) is 14.7 Å². The average molecular weight is 577 g/mol. The number of ether oxygens (including phenoxy) is 1. The van der Waals surface area contributed by atoms with Crippen molar-refractivity contribution in [3.8, 4) is 5.75 Å². The second kappa shape index (κ2) is 12.1. The van der Waals surface area contributed by atoms with Gasteiger partial charge in [-0.25, -0.2) is 23.1 Å². The zero-order chi connectivity index (χ0) is 28.1. The summed E-state index contributed by atoms with van der Waals surface area (Å²) < 4.78 is 33.4. The highest BCUT2D eigenvalue weighted by atomic mass is 35.5. The zero-order valence-corrected chi connectivity index (χ0v) is 23.6. The second-order valence-corrected chi connectivity index (χ2v) is 11.6.